The zero-order chi connectivity index (χ0) is 15.0. The van der Waals surface area contributed by atoms with Crippen LogP contribution in [0.4, 0.5) is 0 Å². The summed E-state index contributed by atoms with van der Waals surface area (Å²) < 4.78 is 5.97. The molecule has 0 spiro atoms. The molecule has 1 aromatic heterocycles. The first kappa shape index (κ1) is 14.8. The van der Waals surface area contributed by atoms with Gasteiger partial charge >= 0.3 is 0 Å². The molecule has 3 aromatic rings. The van der Waals surface area contributed by atoms with Crippen LogP contribution in [-0.2, 0) is 19.7 Å². The Labute approximate surface area is 135 Å². The number of nitrogens with one attached hydrogen (secondary N) is 1. The van der Waals surface area contributed by atoms with Gasteiger partial charge < -0.3 is 10.1 Å². The fraction of sp³-hybridized carbons (Fsp3) is 0.158. The second-order valence-corrected chi connectivity index (χ2v) is 6.10. The monoisotopic (exact) mass is 309 g/mol. The van der Waals surface area contributed by atoms with Gasteiger partial charge in [0.15, 0.2) is 0 Å². The van der Waals surface area contributed by atoms with Gasteiger partial charge in [-0.1, -0.05) is 54.6 Å². The van der Waals surface area contributed by atoms with Crippen molar-refractivity contribution in [3.8, 4) is 5.75 Å². The van der Waals surface area contributed by atoms with Crippen LogP contribution in [0.1, 0.15) is 16.0 Å². The van der Waals surface area contributed by atoms with E-state index in [9.17, 15) is 0 Å². The molecule has 3 rings (SSSR count). The quantitative estimate of drug-likeness (QED) is 0.688. The number of benzene rings is 2. The maximum absolute atomic E-state index is 5.97. The van der Waals surface area contributed by atoms with E-state index in [-0.39, 0.29) is 0 Å². The molecule has 1 heterocycles. The van der Waals surface area contributed by atoms with E-state index >= 15 is 0 Å². The molecule has 0 atom stereocenters. The molecule has 2 aromatic carbocycles. The minimum Gasteiger partial charge on any atom is -0.489 e. The predicted octanol–water partition coefficient (Wildman–Crippen LogP) is 4.62. The van der Waals surface area contributed by atoms with Crippen LogP contribution >= 0.6 is 11.3 Å². The second kappa shape index (κ2) is 7.78. The SMILES string of the molecule is c1ccc(COc2ccccc2CNCc2cccs2)cc1. The standard InChI is InChI=1S/C19H19NOS/c1-2-7-16(8-3-1)15-21-19-11-5-4-9-17(19)13-20-14-18-10-6-12-22-18/h1-12,20H,13-15H2. The van der Waals surface area contributed by atoms with Crippen LogP contribution in [0.25, 0.3) is 0 Å². The summed E-state index contributed by atoms with van der Waals surface area (Å²) in [6.45, 7) is 2.30. The molecule has 0 aliphatic carbocycles. The first-order chi connectivity index (χ1) is 10.9. The average molecular weight is 309 g/mol. The smallest absolute Gasteiger partial charge is 0.124 e. The summed E-state index contributed by atoms with van der Waals surface area (Å²) >= 11 is 1.78. The first-order valence-corrected chi connectivity index (χ1v) is 8.27. The first-order valence-electron chi connectivity index (χ1n) is 7.39. The molecule has 22 heavy (non-hydrogen) atoms. The molecule has 0 saturated carbocycles. The molecular formula is C19H19NOS. The highest BCUT2D eigenvalue weighted by atomic mass is 32.1. The Bertz CT molecular complexity index is 680. The molecular weight excluding hydrogens is 290 g/mol. The molecule has 0 bridgehead atoms. The van der Waals surface area contributed by atoms with E-state index in [4.69, 9.17) is 4.74 Å². The predicted molar refractivity (Wildman–Crippen MR) is 92.1 cm³/mol. The summed E-state index contributed by atoms with van der Waals surface area (Å²) in [6.07, 6.45) is 0. The maximum Gasteiger partial charge on any atom is 0.124 e. The van der Waals surface area contributed by atoms with Gasteiger partial charge in [-0.25, -0.2) is 0 Å². The molecule has 0 unspecified atom stereocenters. The zero-order valence-electron chi connectivity index (χ0n) is 12.4. The molecule has 0 saturated heterocycles. The maximum atomic E-state index is 5.97. The molecule has 2 nitrogen and oxygen atoms in total. The van der Waals surface area contributed by atoms with E-state index in [1.165, 1.54) is 16.0 Å². The lowest BCUT2D eigenvalue weighted by molar-refractivity contribution is 0.302. The molecule has 0 aliphatic heterocycles. The van der Waals surface area contributed by atoms with Crippen molar-refractivity contribution in [2.75, 3.05) is 0 Å². The lowest BCUT2D eigenvalue weighted by Crippen LogP contribution is -2.12. The van der Waals surface area contributed by atoms with Gasteiger partial charge in [0, 0.05) is 23.5 Å². The highest BCUT2D eigenvalue weighted by Gasteiger charge is 2.03. The third-order valence-electron chi connectivity index (χ3n) is 3.40. The van der Waals surface area contributed by atoms with Crippen molar-refractivity contribution in [3.63, 3.8) is 0 Å². The van der Waals surface area contributed by atoms with Gasteiger partial charge in [-0.3, -0.25) is 0 Å². The van der Waals surface area contributed by atoms with Crippen LogP contribution in [0.2, 0.25) is 0 Å². The molecule has 0 aliphatic rings. The van der Waals surface area contributed by atoms with Crippen LogP contribution in [-0.4, -0.2) is 0 Å². The van der Waals surface area contributed by atoms with Crippen molar-refractivity contribution in [1.29, 1.82) is 0 Å². The average Bonchev–Trinajstić information content (AvgIpc) is 3.08. The van der Waals surface area contributed by atoms with Gasteiger partial charge in [0.25, 0.3) is 0 Å². The zero-order valence-corrected chi connectivity index (χ0v) is 13.2. The summed E-state index contributed by atoms with van der Waals surface area (Å²) in [5, 5.41) is 5.58. The number of rotatable bonds is 7. The van der Waals surface area contributed by atoms with E-state index in [2.05, 4.69) is 47.1 Å². The normalized spacial score (nSPS) is 10.5. The van der Waals surface area contributed by atoms with E-state index in [1.54, 1.807) is 11.3 Å². The lowest BCUT2D eigenvalue weighted by Gasteiger charge is -2.12. The molecule has 112 valence electrons. The Hall–Kier alpha value is -2.10. The summed E-state index contributed by atoms with van der Waals surface area (Å²) in [7, 11) is 0. The van der Waals surface area contributed by atoms with Gasteiger partial charge in [-0.05, 0) is 23.1 Å². The Morgan fingerprint density at radius 2 is 1.64 bits per heavy atom. The summed E-state index contributed by atoms with van der Waals surface area (Å²) in [5.41, 5.74) is 2.37. The Balaban J connectivity index is 1.57. The number of hydrogen-bond donors (Lipinski definition) is 1. The number of thiophene rings is 1. The molecule has 0 fully saturated rings. The van der Waals surface area contributed by atoms with Crippen LogP contribution < -0.4 is 10.1 Å². The summed E-state index contributed by atoms with van der Waals surface area (Å²) in [5.74, 6) is 0.949. The third kappa shape index (κ3) is 4.20. The van der Waals surface area contributed by atoms with Crippen LogP contribution in [0.3, 0.4) is 0 Å². The molecule has 3 heteroatoms. The van der Waals surface area contributed by atoms with Gasteiger partial charge in [-0.15, -0.1) is 11.3 Å². The third-order valence-corrected chi connectivity index (χ3v) is 4.28. The minimum absolute atomic E-state index is 0.600. The highest BCUT2D eigenvalue weighted by molar-refractivity contribution is 7.09. The summed E-state index contributed by atoms with van der Waals surface area (Å²) in [6, 6.07) is 22.7. The van der Waals surface area contributed by atoms with E-state index in [1.807, 2.05) is 30.3 Å². The summed E-state index contributed by atoms with van der Waals surface area (Å²) in [4.78, 5) is 1.35. The van der Waals surface area contributed by atoms with Crippen molar-refractivity contribution in [3.05, 3.63) is 88.1 Å². The van der Waals surface area contributed by atoms with Crippen LogP contribution in [0.5, 0.6) is 5.75 Å². The van der Waals surface area contributed by atoms with Gasteiger partial charge in [-0.2, -0.15) is 0 Å². The van der Waals surface area contributed by atoms with Gasteiger partial charge in [0.05, 0.1) is 0 Å². The molecule has 1 N–H and O–H groups in total. The second-order valence-electron chi connectivity index (χ2n) is 5.06. The van der Waals surface area contributed by atoms with Gasteiger partial charge in [0.2, 0.25) is 0 Å². The van der Waals surface area contributed by atoms with Gasteiger partial charge in [0.1, 0.15) is 12.4 Å². The fourth-order valence-electron chi connectivity index (χ4n) is 2.26. The highest BCUT2D eigenvalue weighted by Crippen LogP contribution is 2.19. The van der Waals surface area contributed by atoms with Crippen molar-refractivity contribution >= 4 is 11.3 Å². The fourth-order valence-corrected chi connectivity index (χ4v) is 2.93. The number of hydrogen-bond acceptors (Lipinski definition) is 3. The van der Waals surface area contributed by atoms with E-state index in [0.717, 1.165) is 18.8 Å². The Morgan fingerprint density at radius 3 is 2.45 bits per heavy atom. The van der Waals surface area contributed by atoms with Crippen molar-refractivity contribution in [2.24, 2.45) is 0 Å². The van der Waals surface area contributed by atoms with E-state index in [0.29, 0.717) is 6.61 Å². The van der Waals surface area contributed by atoms with Crippen LogP contribution in [0, 0.1) is 0 Å². The van der Waals surface area contributed by atoms with Crippen LogP contribution in [0.15, 0.2) is 72.1 Å². The molecule has 0 amide bonds. The van der Waals surface area contributed by atoms with Crippen molar-refractivity contribution in [2.45, 2.75) is 19.7 Å². The lowest BCUT2D eigenvalue weighted by atomic mass is 10.2. The van der Waals surface area contributed by atoms with Crippen molar-refractivity contribution in [1.82, 2.24) is 5.32 Å². The topological polar surface area (TPSA) is 21.3 Å². The number of para-hydroxylation sites is 1. The Kier molecular flexibility index (Phi) is 5.24. The van der Waals surface area contributed by atoms with E-state index < -0.39 is 0 Å². The minimum atomic E-state index is 0.600. The van der Waals surface area contributed by atoms with Crippen molar-refractivity contribution < 1.29 is 4.74 Å². The molecule has 0 radical (unpaired) electrons. The number of ether oxygens (including phenoxy) is 1. The largest absolute Gasteiger partial charge is 0.489 e. The Morgan fingerprint density at radius 1 is 0.818 bits per heavy atom.